The molecule has 144 valence electrons. The Labute approximate surface area is 162 Å². The van der Waals surface area contributed by atoms with Crippen LogP contribution in [0.5, 0.6) is 0 Å². The van der Waals surface area contributed by atoms with E-state index in [0.717, 1.165) is 37.9 Å². The number of nitrogens with one attached hydrogen (secondary N) is 1. The SMILES string of the molecule is C[C@H](Cc1cccnc1)NC1CCN(c2ccc(C(=O)N(C)C)cc2)CC1. The number of pyridine rings is 1. The lowest BCUT2D eigenvalue weighted by atomic mass is 10.0. The van der Waals surface area contributed by atoms with E-state index in [9.17, 15) is 4.79 Å². The summed E-state index contributed by atoms with van der Waals surface area (Å²) in [5.74, 6) is 0.0482. The summed E-state index contributed by atoms with van der Waals surface area (Å²) in [6.07, 6.45) is 7.05. The first-order valence-electron chi connectivity index (χ1n) is 9.74. The predicted molar refractivity (Wildman–Crippen MR) is 110 cm³/mol. The van der Waals surface area contributed by atoms with Crippen LogP contribution < -0.4 is 10.2 Å². The van der Waals surface area contributed by atoms with Crippen molar-refractivity contribution in [1.29, 1.82) is 0 Å². The van der Waals surface area contributed by atoms with Gasteiger partial charge in [0.25, 0.3) is 5.91 Å². The maximum absolute atomic E-state index is 12.0. The highest BCUT2D eigenvalue weighted by Gasteiger charge is 2.21. The maximum atomic E-state index is 12.0. The van der Waals surface area contributed by atoms with Crippen molar-refractivity contribution in [3.63, 3.8) is 0 Å². The van der Waals surface area contributed by atoms with Crippen LogP contribution in [0.2, 0.25) is 0 Å². The van der Waals surface area contributed by atoms with Crippen molar-refractivity contribution < 1.29 is 4.79 Å². The smallest absolute Gasteiger partial charge is 0.253 e. The molecule has 1 saturated heterocycles. The molecule has 5 nitrogen and oxygen atoms in total. The van der Waals surface area contributed by atoms with E-state index in [4.69, 9.17) is 0 Å². The van der Waals surface area contributed by atoms with Gasteiger partial charge in [-0.2, -0.15) is 0 Å². The van der Waals surface area contributed by atoms with Gasteiger partial charge in [-0.15, -0.1) is 0 Å². The highest BCUT2D eigenvalue weighted by atomic mass is 16.2. The minimum atomic E-state index is 0.0482. The molecule has 0 bridgehead atoms. The number of hydrogen-bond acceptors (Lipinski definition) is 4. The van der Waals surface area contributed by atoms with Gasteiger partial charge < -0.3 is 15.1 Å². The highest BCUT2D eigenvalue weighted by molar-refractivity contribution is 5.94. The van der Waals surface area contributed by atoms with Gasteiger partial charge in [0.15, 0.2) is 0 Å². The fourth-order valence-corrected chi connectivity index (χ4v) is 3.71. The van der Waals surface area contributed by atoms with Gasteiger partial charge in [0.1, 0.15) is 0 Å². The molecule has 0 radical (unpaired) electrons. The van der Waals surface area contributed by atoms with Crippen molar-refractivity contribution in [2.75, 3.05) is 32.1 Å². The van der Waals surface area contributed by atoms with Crippen LogP contribution >= 0.6 is 0 Å². The average molecular weight is 367 g/mol. The molecule has 1 aliphatic heterocycles. The third-order valence-electron chi connectivity index (χ3n) is 5.17. The van der Waals surface area contributed by atoms with E-state index in [1.54, 1.807) is 19.0 Å². The van der Waals surface area contributed by atoms with E-state index in [0.29, 0.717) is 12.1 Å². The number of benzene rings is 1. The molecule has 1 fully saturated rings. The van der Waals surface area contributed by atoms with E-state index in [1.165, 1.54) is 11.3 Å². The summed E-state index contributed by atoms with van der Waals surface area (Å²) in [5.41, 5.74) is 3.22. The number of rotatable bonds is 6. The number of carbonyl (C=O) groups excluding carboxylic acids is 1. The quantitative estimate of drug-likeness (QED) is 0.854. The Morgan fingerprint density at radius 2 is 1.93 bits per heavy atom. The Morgan fingerprint density at radius 1 is 1.22 bits per heavy atom. The van der Waals surface area contributed by atoms with E-state index >= 15 is 0 Å². The summed E-state index contributed by atoms with van der Waals surface area (Å²) in [6.45, 7) is 4.33. The first kappa shape index (κ1) is 19.4. The van der Waals surface area contributed by atoms with Crippen molar-refractivity contribution in [2.24, 2.45) is 0 Å². The van der Waals surface area contributed by atoms with Gasteiger partial charge in [0, 0.05) is 62.9 Å². The minimum absolute atomic E-state index is 0.0482. The molecule has 0 saturated carbocycles. The molecule has 1 aromatic carbocycles. The third-order valence-corrected chi connectivity index (χ3v) is 5.17. The van der Waals surface area contributed by atoms with Crippen molar-refractivity contribution in [1.82, 2.24) is 15.2 Å². The van der Waals surface area contributed by atoms with Crippen LogP contribution in [-0.4, -0.2) is 55.1 Å². The van der Waals surface area contributed by atoms with Gasteiger partial charge in [-0.3, -0.25) is 9.78 Å². The summed E-state index contributed by atoms with van der Waals surface area (Å²) < 4.78 is 0. The maximum Gasteiger partial charge on any atom is 0.253 e. The molecular weight excluding hydrogens is 336 g/mol. The summed E-state index contributed by atoms with van der Waals surface area (Å²) in [7, 11) is 3.56. The Kier molecular flexibility index (Phi) is 6.45. The molecule has 2 heterocycles. The lowest BCUT2D eigenvalue weighted by Gasteiger charge is -2.35. The molecule has 0 spiro atoms. The number of nitrogens with zero attached hydrogens (tertiary/aromatic N) is 3. The first-order chi connectivity index (χ1) is 13.0. The number of amides is 1. The normalized spacial score (nSPS) is 16.2. The zero-order valence-electron chi connectivity index (χ0n) is 16.6. The second-order valence-corrected chi connectivity index (χ2v) is 7.64. The largest absolute Gasteiger partial charge is 0.371 e. The number of aromatic nitrogens is 1. The monoisotopic (exact) mass is 366 g/mol. The van der Waals surface area contributed by atoms with Crippen LogP contribution in [0.1, 0.15) is 35.7 Å². The number of hydrogen-bond donors (Lipinski definition) is 1. The zero-order chi connectivity index (χ0) is 19.2. The molecule has 3 rings (SSSR count). The molecule has 5 heteroatoms. The fourth-order valence-electron chi connectivity index (χ4n) is 3.71. The Hall–Kier alpha value is -2.40. The van der Waals surface area contributed by atoms with Crippen molar-refractivity contribution in [2.45, 2.75) is 38.3 Å². The molecule has 1 atom stereocenters. The van der Waals surface area contributed by atoms with Crippen LogP contribution in [0.25, 0.3) is 0 Å². The highest BCUT2D eigenvalue weighted by Crippen LogP contribution is 2.21. The van der Waals surface area contributed by atoms with Crippen LogP contribution in [0.15, 0.2) is 48.8 Å². The van der Waals surface area contributed by atoms with Crippen molar-refractivity contribution in [3.8, 4) is 0 Å². The molecule has 1 N–H and O–H groups in total. The van der Waals surface area contributed by atoms with E-state index in [2.05, 4.69) is 40.3 Å². The summed E-state index contributed by atoms with van der Waals surface area (Å²) in [6, 6.07) is 13.1. The van der Waals surface area contributed by atoms with Gasteiger partial charge in [0.2, 0.25) is 0 Å². The van der Waals surface area contributed by atoms with Crippen molar-refractivity contribution >= 4 is 11.6 Å². The van der Waals surface area contributed by atoms with Crippen LogP contribution in [0, 0.1) is 0 Å². The summed E-state index contributed by atoms with van der Waals surface area (Å²) in [5, 5.41) is 3.77. The summed E-state index contributed by atoms with van der Waals surface area (Å²) in [4.78, 5) is 20.2. The Morgan fingerprint density at radius 3 is 2.52 bits per heavy atom. The minimum Gasteiger partial charge on any atom is -0.371 e. The van der Waals surface area contributed by atoms with Crippen LogP contribution in [-0.2, 0) is 6.42 Å². The van der Waals surface area contributed by atoms with E-state index < -0.39 is 0 Å². The Bertz CT molecular complexity index is 722. The van der Waals surface area contributed by atoms with Gasteiger partial charge in [0.05, 0.1) is 0 Å². The average Bonchev–Trinajstić information content (AvgIpc) is 2.69. The molecule has 1 aliphatic rings. The predicted octanol–water partition coefficient (Wildman–Crippen LogP) is 2.97. The molecular formula is C22H30N4O. The second-order valence-electron chi connectivity index (χ2n) is 7.64. The lowest BCUT2D eigenvalue weighted by molar-refractivity contribution is 0.0827. The number of piperidine rings is 1. The van der Waals surface area contributed by atoms with Gasteiger partial charge in [-0.25, -0.2) is 0 Å². The standard InChI is InChI=1S/C22H30N4O/c1-17(15-18-5-4-12-23-16-18)24-20-10-13-26(14-11-20)21-8-6-19(7-9-21)22(27)25(2)3/h4-9,12,16-17,20,24H,10-11,13-15H2,1-3H3/t17-/m1/s1. The number of anilines is 1. The second kappa shape index (κ2) is 9.00. The van der Waals surface area contributed by atoms with Crippen molar-refractivity contribution in [3.05, 3.63) is 59.9 Å². The van der Waals surface area contributed by atoms with Gasteiger partial charge in [-0.05, 0) is 62.1 Å². The van der Waals surface area contributed by atoms with Crippen LogP contribution in [0.3, 0.4) is 0 Å². The van der Waals surface area contributed by atoms with Gasteiger partial charge in [-0.1, -0.05) is 6.07 Å². The first-order valence-corrected chi connectivity index (χ1v) is 9.74. The molecule has 0 aliphatic carbocycles. The molecule has 0 unspecified atom stereocenters. The third kappa shape index (κ3) is 5.30. The molecule has 27 heavy (non-hydrogen) atoms. The lowest BCUT2D eigenvalue weighted by Crippen LogP contribution is -2.46. The molecule has 1 amide bonds. The molecule has 2 aromatic rings. The zero-order valence-corrected chi connectivity index (χ0v) is 16.6. The fraction of sp³-hybridized carbons (Fsp3) is 0.455. The van der Waals surface area contributed by atoms with E-state index in [-0.39, 0.29) is 5.91 Å². The molecule has 1 aromatic heterocycles. The number of carbonyl (C=O) groups is 1. The van der Waals surface area contributed by atoms with Gasteiger partial charge >= 0.3 is 0 Å². The Balaban J connectivity index is 1.48. The topological polar surface area (TPSA) is 48.5 Å². The van der Waals surface area contributed by atoms with E-state index in [1.807, 2.05) is 30.6 Å². The summed E-state index contributed by atoms with van der Waals surface area (Å²) >= 11 is 0. The van der Waals surface area contributed by atoms with Crippen LogP contribution in [0.4, 0.5) is 5.69 Å².